The molecular formula is C54H40N2. The second-order valence-corrected chi connectivity index (χ2v) is 15.2. The number of hydrogen-bond donors (Lipinski definition) is 0. The van der Waals surface area contributed by atoms with E-state index in [0.29, 0.717) is 12.0 Å². The Morgan fingerprint density at radius 1 is 0.393 bits per heavy atom. The van der Waals surface area contributed by atoms with Gasteiger partial charge in [-0.25, -0.2) is 0 Å². The molecule has 2 heterocycles. The van der Waals surface area contributed by atoms with Crippen LogP contribution in [0.25, 0.3) is 72.0 Å². The lowest BCUT2D eigenvalue weighted by Crippen LogP contribution is -2.29. The Morgan fingerprint density at radius 2 is 0.964 bits per heavy atom. The normalized spacial score (nSPS) is 16.0. The number of para-hydroxylation sites is 2. The molecule has 2 nitrogen and oxygen atoms in total. The number of nitrogens with zero attached hydrogens (tertiary/aromatic N) is 2. The summed E-state index contributed by atoms with van der Waals surface area (Å²) in [7, 11) is 0. The average molecular weight is 717 g/mol. The van der Waals surface area contributed by atoms with E-state index >= 15 is 0 Å². The van der Waals surface area contributed by atoms with Crippen LogP contribution in [0, 0.1) is 0 Å². The average Bonchev–Trinajstić information content (AvgIpc) is 3.79. The van der Waals surface area contributed by atoms with Crippen molar-refractivity contribution in [1.29, 1.82) is 0 Å². The van der Waals surface area contributed by atoms with Crippen LogP contribution in [0.2, 0.25) is 0 Å². The molecule has 0 N–H and O–H groups in total. The van der Waals surface area contributed by atoms with Crippen LogP contribution in [0.3, 0.4) is 0 Å². The quantitative estimate of drug-likeness (QED) is 0.156. The summed E-state index contributed by atoms with van der Waals surface area (Å²) in [6, 6.07) is 71.8. The lowest BCUT2D eigenvalue weighted by molar-refractivity contribution is 0.573. The Morgan fingerprint density at radius 3 is 1.70 bits per heavy atom. The van der Waals surface area contributed by atoms with Crippen LogP contribution in [0.15, 0.2) is 206 Å². The van der Waals surface area contributed by atoms with Crippen LogP contribution in [0.4, 0.5) is 11.4 Å². The van der Waals surface area contributed by atoms with Gasteiger partial charge < -0.3 is 9.47 Å². The SMILES string of the molecule is C1=CC2C(CC1)c1cc(-c3cccc(-c4ccc5c(c4)c4ccccc4n5-c4cc(-c5ccccc5)cc(-c5ccccc5)c4)c3)ccc1N2c1ccccc1. The van der Waals surface area contributed by atoms with E-state index in [4.69, 9.17) is 0 Å². The van der Waals surface area contributed by atoms with Gasteiger partial charge in [0.05, 0.1) is 17.1 Å². The molecule has 56 heavy (non-hydrogen) atoms. The van der Waals surface area contributed by atoms with Gasteiger partial charge in [-0.05, 0) is 130 Å². The number of rotatable bonds is 6. The summed E-state index contributed by atoms with van der Waals surface area (Å²) in [5.74, 6) is 0.496. The molecule has 0 fully saturated rings. The highest BCUT2D eigenvalue weighted by atomic mass is 15.2. The van der Waals surface area contributed by atoms with E-state index < -0.39 is 0 Å². The number of benzene rings is 8. The minimum absolute atomic E-state index is 0.363. The molecule has 0 saturated carbocycles. The van der Waals surface area contributed by atoms with Crippen molar-refractivity contribution >= 4 is 33.2 Å². The summed E-state index contributed by atoms with van der Waals surface area (Å²) in [4.78, 5) is 2.54. The van der Waals surface area contributed by atoms with Gasteiger partial charge in [0.2, 0.25) is 0 Å². The largest absolute Gasteiger partial charge is 0.334 e. The van der Waals surface area contributed by atoms with Gasteiger partial charge in [-0.1, -0.05) is 140 Å². The zero-order chi connectivity index (χ0) is 37.0. The molecular weight excluding hydrogens is 677 g/mol. The maximum absolute atomic E-state index is 2.54. The van der Waals surface area contributed by atoms with E-state index in [1.54, 1.807) is 0 Å². The van der Waals surface area contributed by atoms with E-state index in [2.05, 4.69) is 216 Å². The minimum atomic E-state index is 0.363. The fraction of sp³-hybridized carbons (Fsp3) is 0.0741. The zero-order valence-electron chi connectivity index (χ0n) is 31.1. The number of aromatic nitrogens is 1. The first-order valence-electron chi connectivity index (χ1n) is 19.8. The summed E-state index contributed by atoms with van der Waals surface area (Å²) in [5.41, 5.74) is 17.4. The topological polar surface area (TPSA) is 8.17 Å². The van der Waals surface area contributed by atoms with Crippen molar-refractivity contribution in [3.63, 3.8) is 0 Å². The van der Waals surface area contributed by atoms with Crippen molar-refractivity contribution in [2.45, 2.75) is 24.8 Å². The van der Waals surface area contributed by atoms with Gasteiger partial charge in [0.1, 0.15) is 0 Å². The molecule has 0 bridgehead atoms. The number of anilines is 2. The van der Waals surface area contributed by atoms with Crippen molar-refractivity contribution in [2.24, 2.45) is 0 Å². The third-order valence-electron chi connectivity index (χ3n) is 12.0. The molecule has 2 heteroatoms. The standard InChI is InChI=1S/C54H40N2/c1-4-15-37(16-5-1)43-32-44(38-17-6-2-7-18-38)34-46(33-43)56-52-26-13-11-24-48(52)50-36-42(28-30-54(50)56)40-20-14-19-39(31-40)41-27-29-53-49(35-41)47-23-10-12-25-51(47)55(53)45-21-8-3-9-22-45/h1-9,11-22,24-36,47,51H,10,23H2. The Kier molecular flexibility index (Phi) is 7.81. The highest BCUT2D eigenvalue weighted by Crippen LogP contribution is 2.50. The first kappa shape index (κ1) is 32.5. The van der Waals surface area contributed by atoms with Gasteiger partial charge in [-0.2, -0.15) is 0 Å². The Bertz CT molecular complexity index is 2860. The second kappa shape index (κ2) is 13.4. The first-order valence-corrected chi connectivity index (χ1v) is 19.8. The summed E-state index contributed by atoms with van der Waals surface area (Å²) in [6.45, 7) is 0. The summed E-state index contributed by atoms with van der Waals surface area (Å²) >= 11 is 0. The van der Waals surface area contributed by atoms with E-state index in [9.17, 15) is 0 Å². The summed E-state index contributed by atoms with van der Waals surface area (Å²) in [6.07, 6.45) is 7.11. The van der Waals surface area contributed by atoms with Crippen LogP contribution in [-0.4, -0.2) is 10.6 Å². The first-order chi connectivity index (χ1) is 27.8. The highest BCUT2D eigenvalue weighted by molar-refractivity contribution is 6.10. The molecule has 9 aromatic rings. The predicted octanol–water partition coefficient (Wildman–Crippen LogP) is 14.4. The van der Waals surface area contributed by atoms with Gasteiger partial charge in [-0.3, -0.25) is 0 Å². The Labute approximate surface area is 328 Å². The van der Waals surface area contributed by atoms with Crippen molar-refractivity contribution in [2.75, 3.05) is 4.90 Å². The Balaban J connectivity index is 1.01. The van der Waals surface area contributed by atoms with Crippen LogP contribution >= 0.6 is 0 Å². The lowest BCUT2D eigenvalue weighted by Gasteiger charge is -2.30. The monoisotopic (exact) mass is 716 g/mol. The predicted molar refractivity (Wildman–Crippen MR) is 236 cm³/mol. The van der Waals surface area contributed by atoms with Gasteiger partial charge in [-0.15, -0.1) is 0 Å². The van der Waals surface area contributed by atoms with Crippen LogP contribution in [0.5, 0.6) is 0 Å². The van der Waals surface area contributed by atoms with Gasteiger partial charge in [0, 0.05) is 33.8 Å². The summed E-state index contributed by atoms with van der Waals surface area (Å²) in [5, 5.41) is 2.51. The van der Waals surface area contributed by atoms with Crippen LogP contribution in [-0.2, 0) is 0 Å². The molecule has 8 aromatic carbocycles. The van der Waals surface area contributed by atoms with Crippen LogP contribution < -0.4 is 4.90 Å². The van der Waals surface area contributed by atoms with Crippen LogP contribution in [0.1, 0.15) is 24.3 Å². The van der Waals surface area contributed by atoms with E-state index in [1.807, 2.05) is 0 Å². The maximum atomic E-state index is 2.54. The molecule has 266 valence electrons. The fourth-order valence-corrected chi connectivity index (χ4v) is 9.38. The molecule has 2 unspecified atom stereocenters. The highest BCUT2D eigenvalue weighted by Gasteiger charge is 2.38. The number of hydrogen-bond acceptors (Lipinski definition) is 1. The van der Waals surface area contributed by atoms with Crippen molar-refractivity contribution in [3.8, 4) is 50.2 Å². The van der Waals surface area contributed by atoms with E-state index in [0.717, 1.165) is 12.1 Å². The molecule has 0 amide bonds. The van der Waals surface area contributed by atoms with Crippen molar-refractivity contribution in [1.82, 2.24) is 4.57 Å². The fourth-order valence-electron chi connectivity index (χ4n) is 9.38. The van der Waals surface area contributed by atoms with E-state index in [-0.39, 0.29) is 0 Å². The Hall–Kier alpha value is -6.90. The zero-order valence-corrected chi connectivity index (χ0v) is 31.1. The van der Waals surface area contributed by atoms with Gasteiger partial charge in [0.25, 0.3) is 0 Å². The van der Waals surface area contributed by atoms with Gasteiger partial charge in [0.15, 0.2) is 0 Å². The number of allylic oxidation sites excluding steroid dienone is 1. The molecule has 11 rings (SSSR count). The molecule has 1 aliphatic carbocycles. The van der Waals surface area contributed by atoms with Crippen molar-refractivity contribution < 1.29 is 0 Å². The molecule has 1 aromatic heterocycles. The molecule has 1 aliphatic heterocycles. The summed E-state index contributed by atoms with van der Waals surface area (Å²) < 4.78 is 2.45. The molecule has 0 spiro atoms. The number of fused-ring (bicyclic) bond motifs is 6. The van der Waals surface area contributed by atoms with Crippen molar-refractivity contribution in [3.05, 3.63) is 212 Å². The lowest BCUT2D eigenvalue weighted by atomic mass is 9.85. The maximum Gasteiger partial charge on any atom is 0.0591 e. The van der Waals surface area contributed by atoms with Gasteiger partial charge >= 0.3 is 0 Å². The third kappa shape index (κ3) is 5.48. The second-order valence-electron chi connectivity index (χ2n) is 15.2. The molecule has 0 saturated heterocycles. The minimum Gasteiger partial charge on any atom is -0.334 e. The third-order valence-corrected chi connectivity index (χ3v) is 12.0. The molecule has 2 aliphatic rings. The molecule has 2 atom stereocenters. The molecule has 0 radical (unpaired) electrons. The van der Waals surface area contributed by atoms with E-state index in [1.165, 1.54) is 89.7 Å². The smallest absolute Gasteiger partial charge is 0.0591 e.